The molecule has 2 fully saturated rings. The Hall–Kier alpha value is -3.16. The summed E-state index contributed by atoms with van der Waals surface area (Å²) in [4.78, 5) is 44.6. The number of amides is 3. The first kappa shape index (κ1) is 21.1. The molecule has 8 nitrogen and oxygen atoms in total. The van der Waals surface area contributed by atoms with Gasteiger partial charge in [-0.3, -0.25) is 14.4 Å². The summed E-state index contributed by atoms with van der Waals surface area (Å²) in [6, 6.07) is 7.90. The lowest BCUT2D eigenvalue weighted by molar-refractivity contribution is -0.138. The van der Waals surface area contributed by atoms with Crippen molar-refractivity contribution in [2.75, 3.05) is 26.2 Å². The van der Waals surface area contributed by atoms with Crippen LogP contribution in [0, 0.1) is 5.92 Å². The van der Waals surface area contributed by atoms with Gasteiger partial charge in [0.15, 0.2) is 0 Å². The molecule has 0 radical (unpaired) electrons. The maximum absolute atomic E-state index is 12.8. The van der Waals surface area contributed by atoms with E-state index in [1.54, 1.807) is 17.4 Å². The van der Waals surface area contributed by atoms with Crippen LogP contribution >= 0.6 is 0 Å². The lowest BCUT2D eigenvalue weighted by Gasteiger charge is -2.32. The third-order valence-electron chi connectivity index (χ3n) is 6.13. The second-order valence-electron chi connectivity index (χ2n) is 8.23. The van der Waals surface area contributed by atoms with Gasteiger partial charge in [-0.15, -0.1) is 0 Å². The van der Waals surface area contributed by atoms with Gasteiger partial charge in [0.25, 0.3) is 0 Å². The summed E-state index contributed by atoms with van der Waals surface area (Å²) in [6.45, 7) is 2.97. The first-order valence-electron chi connectivity index (χ1n) is 11.0. The van der Waals surface area contributed by atoms with Crippen LogP contribution in [0.4, 0.5) is 0 Å². The normalized spacial score (nSPS) is 19.2. The summed E-state index contributed by atoms with van der Waals surface area (Å²) >= 11 is 0. The van der Waals surface area contributed by atoms with Crippen LogP contribution in [0.25, 0.3) is 5.69 Å². The predicted molar refractivity (Wildman–Crippen MR) is 115 cm³/mol. The minimum Gasteiger partial charge on any atom is -0.352 e. The molecule has 0 spiro atoms. The molecule has 1 aromatic carbocycles. The Labute approximate surface area is 182 Å². The summed E-state index contributed by atoms with van der Waals surface area (Å²) in [7, 11) is 0. The number of piperidine rings is 1. The smallest absolute Gasteiger partial charge is 0.225 e. The van der Waals surface area contributed by atoms with Crippen LogP contribution in [0.2, 0.25) is 0 Å². The van der Waals surface area contributed by atoms with Crippen molar-refractivity contribution in [2.24, 2.45) is 5.92 Å². The number of aromatic nitrogens is 2. The molecule has 3 heterocycles. The fourth-order valence-electron chi connectivity index (χ4n) is 4.38. The van der Waals surface area contributed by atoms with Crippen LogP contribution in [-0.2, 0) is 20.9 Å². The van der Waals surface area contributed by atoms with Crippen molar-refractivity contribution in [3.05, 3.63) is 48.5 Å². The van der Waals surface area contributed by atoms with E-state index < -0.39 is 0 Å². The van der Waals surface area contributed by atoms with Gasteiger partial charge in [0.2, 0.25) is 17.7 Å². The predicted octanol–water partition coefficient (Wildman–Crippen LogP) is 1.74. The van der Waals surface area contributed by atoms with E-state index in [4.69, 9.17) is 0 Å². The van der Waals surface area contributed by atoms with Crippen molar-refractivity contribution in [1.82, 2.24) is 24.7 Å². The van der Waals surface area contributed by atoms with E-state index in [1.165, 1.54) is 0 Å². The number of likely N-dealkylation sites (tertiary alicyclic amines) is 2. The number of rotatable bonds is 8. The maximum Gasteiger partial charge on any atom is 0.225 e. The lowest BCUT2D eigenvalue weighted by atomic mass is 9.96. The Kier molecular flexibility index (Phi) is 6.64. The SMILES string of the molecule is O=C(NCc1ccccc1-n1ccnc1)C1CCC(=O)N(CCCN2CCCC2=O)C1. The van der Waals surface area contributed by atoms with E-state index in [2.05, 4.69) is 10.3 Å². The minimum absolute atomic E-state index is 0.0207. The highest BCUT2D eigenvalue weighted by Gasteiger charge is 2.30. The van der Waals surface area contributed by atoms with Gasteiger partial charge in [-0.05, 0) is 30.9 Å². The number of carbonyl (C=O) groups excluding carboxylic acids is 3. The zero-order chi connectivity index (χ0) is 21.6. The van der Waals surface area contributed by atoms with Crippen molar-refractivity contribution in [2.45, 2.75) is 38.6 Å². The average molecular weight is 424 g/mol. The van der Waals surface area contributed by atoms with Crippen molar-refractivity contribution in [1.29, 1.82) is 0 Å². The fourth-order valence-corrected chi connectivity index (χ4v) is 4.38. The molecule has 8 heteroatoms. The number of hydrogen-bond donors (Lipinski definition) is 1. The van der Waals surface area contributed by atoms with Gasteiger partial charge in [0.1, 0.15) is 0 Å². The average Bonchev–Trinajstić information content (AvgIpc) is 3.46. The summed E-state index contributed by atoms with van der Waals surface area (Å²) in [5.74, 6) is 0.0830. The molecule has 4 rings (SSSR count). The molecular weight excluding hydrogens is 394 g/mol. The van der Waals surface area contributed by atoms with E-state index in [9.17, 15) is 14.4 Å². The molecule has 1 N–H and O–H groups in total. The van der Waals surface area contributed by atoms with Gasteiger partial charge in [0, 0.05) is 58.0 Å². The van der Waals surface area contributed by atoms with Gasteiger partial charge in [-0.25, -0.2) is 4.98 Å². The topological polar surface area (TPSA) is 87.5 Å². The maximum atomic E-state index is 12.8. The van der Waals surface area contributed by atoms with E-state index in [0.29, 0.717) is 45.4 Å². The van der Waals surface area contributed by atoms with Gasteiger partial charge in [-0.2, -0.15) is 0 Å². The van der Waals surface area contributed by atoms with Crippen LogP contribution in [0.5, 0.6) is 0 Å². The first-order valence-corrected chi connectivity index (χ1v) is 11.0. The van der Waals surface area contributed by atoms with Crippen LogP contribution < -0.4 is 5.32 Å². The molecule has 0 aliphatic carbocycles. The number of nitrogens with one attached hydrogen (secondary N) is 1. The standard InChI is InChI=1S/C23H29N5O3/c29-21-7-3-11-26(21)12-4-13-27-16-19(8-9-22(27)30)23(31)25-15-18-5-1-2-6-20(18)28-14-10-24-17-28/h1-2,5-6,10,14,17,19H,3-4,7-9,11-13,15-16H2,(H,25,31). The third kappa shape index (κ3) is 5.13. The molecule has 0 bridgehead atoms. The number of nitrogens with zero attached hydrogens (tertiary/aromatic N) is 4. The zero-order valence-corrected chi connectivity index (χ0v) is 17.7. The molecule has 2 aliphatic heterocycles. The molecule has 2 aliphatic rings. The molecule has 3 amide bonds. The quantitative estimate of drug-likeness (QED) is 0.701. The van der Waals surface area contributed by atoms with Crippen LogP contribution in [0.15, 0.2) is 43.0 Å². The van der Waals surface area contributed by atoms with Gasteiger partial charge in [0.05, 0.1) is 17.9 Å². The van der Waals surface area contributed by atoms with E-state index in [-0.39, 0.29) is 23.6 Å². The Balaban J connectivity index is 1.29. The third-order valence-corrected chi connectivity index (χ3v) is 6.13. The number of imidazole rings is 1. The number of para-hydroxylation sites is 1. The summed E-state index contributed by atoms with van der Waals surface area (Å²) in [5.41, 5.74) is 1.99. The Morgan fingerprint density at radius 2 is 1.90 bits per heavy atom. The number of hydrogen-bond acceptors (Lipinski definition) is 4. The van der Waals surface area contributed by atoms with Crippen molar-refractivity contribution < 1.29 is 14.4 Å². The number of benzene rings is 1. The van der Waals surface area contributed by atoms with Crippen molar-refractivity contribution in [3.8, 4) is 5.69 Å². The van der Waals surface area contributed by atoms with Crippen molar-refractivity contribution >= 4 is 17.7 Å². The molecule has 1 aromatic heterocycles. The fraction of sp³-hybridized carbons (Fsp3) is 0.478. The summed E-state index contributed by atoms with van der Waals surface area (Å²) in [6.07, 6.45) is 8.62. The molecule has 31 heavy (non-hydrogen) atoms. The highest BCUT2D eigenvalue weighted by molar-refractivity contribution is 5.84. The highest BCUT2D eigenvalue weighted by Crippen LogP contribution is 2.20. The van der Waals surface area contributed by atoms with Gasteiger partial charge >= 0.3 is 0 Å². The second kappa shape index (κ2) is 9.76. The van der Waals surface area contributed by atoms with Crippen LogP contribution in [0.1, 0.15) is 37.7 Å². The van der Waals surface area contributed by atoms with E-state index in [1.807, 2.05) is 39.9 Å². The van der Waals surface area contributed by atoms with E-state index in [0.717, 1.165) is 30.6 Å². The highest BCUT2D eigenvalue weighted by atomic mass is 16.2. The Morgan fingerprint density at radius 3 is 2.68 bits per heavy atom. The number of carbonyl (C=O) groups is 3. The van der Waals surface area contributed by atoms with Crippen molar-refractivity contribution in [3.63, 3.8) is 0 Å². The molecule has 2 saturated heterocycles. The largest absolute Gasteiger partial charge is 0.352 e. The molecule has 1 unspecified atom stereocenters. The second-order valence-corrected chi connectivity index (χ2v) is 8.23. The molecule has 0 saturated carbocycles. The minimum atomic E-state index is -0.202. The van der Waals surface area contributed by atoms with Gasteiger partial charge < -0.3 is 19.7 Å². The molecular formula is C23H29N5O3. The summed E-state index contributed by atoms with van der Waals surface area (Å²) < 4.78 is 1.92. The Morgan fingerprint density at radius 1 is 1.10 bits per heavy atom. The molecule has 2 aromatic rings. The van der Waals surface area contributed by atoms with Gasteiger partial charge in [-0.1, -0.05) is 18.2 Å². The zero-order valence-electron chi connectivity index (χ0n) is 17.7. The van der Waals surface area contributed by atoms with E-state index >= 15 is 0 Å². The van der Waals surface area contributed by atoms with Crippen LogP contribution in [0.3, 0.4) is 0 Å². The molecule has 1 atom stereocenters. The molecule has 164 valence electrons. The monoisotopic (exact) mass is 423 g/mol. The lowest BCUT2D eigenvalue weighted by Crippen LogP contribution is -2.46. The summed E-state index contributed by atoms with van der Waals surface area (Å²) in [5, 5.41) is 3.05. The van der Waals surface area contributed by atoms with Crippen LogP contribution in [-0.4, -0.2) is 63.3 Å². The Bertz CT molecular complexity index is 927. The first-order chi connectivity index (χ1) is 15.1.